The van der Waals surface area contributed by atoms with Crippen molar-refractivity contribution in [2.75, 3.05) is 7.11 Å². The van der Waals surface area contributed by atoms with Crippen molar-refractivity contribution >= 4 is 8.32 Å². The van der Waals surface area contributed by atoms with Gasteiger partial charge in [-0.05, 0) is 44.6 Å². The van der Waals surface area contributed by atoms with Crippen LogP contribution in [0.4, 0.5) is 0 Å². The monoisotopic (exact) mass is 275 g/mol. The van der Waals surface area contributed by atoms with E-state index in [2.05, 4.69) is 24.5 Å². The van der Waals surface area contributed by atoms with E-state index in [1.54, 1.807) is 7.11 Å². The van der Waals surface area contributed by atoms with Gasteiger partial charge in [-0.1, -0.05) is 6.07 Å². The number of hydrogen-bond acceptors (Lipinski definition) is 2. The van der Waals surface area contributed by atoms with E-state index in [9.17, 15) is 0 Å². The van der Waals surface area contributed by atoms with Crippen LogP contribution in [-0.2, 0) is 16.6 Å². The predicted molar refractivity (Wildman–Crippen MR) is 78.8 cm³/mol. The maximum absolute atomic E-state index is 7.62. The highest BCUT2D eigenvalue weighted by Crippen LogP contribution is 2.47. The molecule has 0 fully saturated rings. The average molecular weight is 275 g/mol. The van der Waals surface area contributed by atoms with Gasteiger partial charge >= 0.3 is 5.72 Å². The van der Waals surface area contributed by atoms with Gasteiger partial charge < -0.3 is 9.16 Å². The Hall–Kier alpha value is -1.31. The Morgan fingerprint density at radius 3 is 2.53 bits per heavy atom. The molecule has 0 saturated carbocycles. The van der Waals surface area contributed by atoms with E-state index < -0.39 is 14.0 Å². The first-order valence-electron chi connectivity index (χ1n) is 6.59. The maximum Gasteiger partial charge on any atom is 0.355 e. The van der Waals surface area contributed by atoms with Gasteiger partial charge in [0.25, 0.3) is 0 Å². The second kappa shape index (κ2) is 4.66. The van der Waals surface area contributed by atoms with E-state index in [0.29, 0.717) is 0 Å². The van der Waals surface area contributed by atoms with Gasteiger partial charge in [0.1, 0.15) is 5.75 Å². The third kappa shape index (κ3) is 2.40. The molecule has 2 rings (SSSR count). The number of rotatable bonds is 3. The summed E-state index contributed by atoms with van der Waals surface area (Å²) in [6.07, 6.45) is 1.59. The summed E-state index contributed by atoms with van der Waals surface area (Å²) in [7, 11) is -0.0855. The van der Waals surface area contributed by atoms with Crippen LogP contribution in [0.3, 0.4) is 0 Å². The molecule has 1 aliphatic carbocycles. The maximum atomic E-state index is 7.62. The van der Waals surface area contributed by atoms with Crippen LogP contribution in [0, 0.1) is 13.5 Å². The first-order valence-corrected chi connectivity index (χ1v) is 9.99. The fourth-order valence-corrected chi connectivity index (χ4v) is 4.09. The molecule has 0 aliphatic heterocycles. The van der Waals surface area contributed by atoms with Crippen LogP contribution in [0.1, 0.15) is 23.1 Å². The van der Waals surface area contributed by atoms with Crippen LogP contribution in [0.2, 0.25) is 19.6 Å². The molecule has 1 aromatic rings. The van der Waals surface area contributed by atoms with Gasteiger partial charge in [0.05, 0.1) is 19.1 Å². The van der Waals surface area contributed by atoms with Crippen molar-refractivity contribution < 1.29 is 9.16 Å². The molecule has 102 valence electrons. The van der Waals surface area contributed by atoms with Gasteiger partial charge in [-0.25, -0.2) is 6.57 Å². The van der Waals surface area contributed by atoms with E-state index in [1.165, 1.54) is 0 Å². The number of hydrogen-bond donors (Lipinski definition) is 0. The Kier molecular flexibility index (Phi) is 3.46. The third-order valence-electron chi connectivity index (χ3n) is 3.45. The molecule has 0 aromatic heterocycles. The van der Waals surface area contributed by atoms with E-state index in [4.69, 9.17) is 15.7 Å². The molecule has 3 nitrogen and oxygen atoms in total. The number of benzene rings is 1. The smallest absolute Gasteiger partial charge is 0.355 e. The van der Waals surface area contributed by atoms with Crippen molar-refractivity contribution in [1.82, 2.24) is 0 Å². The minimum atomic E-state index is -1.78. The summed E-state index contributed by atoms with van der Waals surface area (Å²) in [5.41, 5.74) is 2.49. The SMILES string of the molecule is [C-]#[N+]C1(O[Si](C)(C)C)CCc2c1ccc(C)c2OC. The zero-order valence-electron chi connectivity index (χ0n) is 12.3. The van der Waals surface area contributed by atoms with E-state index in [1.807, 2.05) is 19.1 Å². The fourth-order valence-electron chi connectivity index (χ4n) is 2.82. The van der Waals surface area contributed by atoms with Gasteiger partial charge in [0.15, 0.2) is 8.32 Å². The molecular weight excluding hydrogens is 254 g/mol. The van der Waals surface area contributed by atoms with Crippen LogP contribution >= 0.6 is 0 Å². The molecule has 1 unspecified atom stereocenters. The number of ether oxygens (including phenoxy) is 1. The molecule has 0 radical (unpaired) electrons. The highest BCUT2D eigenvalue weighted by atomic mass is 28.4. The quantitative estimate of drug-likeness (QED) is 0.617. The zero-order chi connectivity index (χ0) is 14.3. The number of methoxy groups -OCH3 is 1. The van der Waals surface area contributed by atoms with Crippen LogP contribution < -0.4 is 4.74 Å². The first kappa shape index (κ1) is 14.1. The van der Waals surface area contributed by atoms with Crippen LogP contribution in [-0.4, -0.2) is 15.4 Å². The summed E-state index contributed by atoms with van der Waals surface area (Å²) in [5.74, 6) is 0.919. The molecule has 0 amide bonds. The Balaban J connectivity index is 2.55. The van der Waals surface area contributed by atoms with Gasteiger partial charge in [-0.15, -0.1) is 0 Å². The molecule has 0 spiro atoms. The summed E-state index contributed by atoms with van der Waals surface area (Å²) >= 11 is 0. The highest BCUT2D eigenvalue weighted by Gasteiger charge is 2.50. The minimum Gasteiger partial charge on any atom is -0.496 e. The molecule has 1 atom stereocenters. The molecule has 0 bridgehead atoms. The van der Waals surface area contributed by atoms with Crippen molar-refractivity contribution in [1.29, 1.82) is 0 Å². The fraction of sp³-hybridized carbons (Fsp3) is 0.533. The third-order valence-corrected chi connectivity index (χ3v) is 4.40. The Morgan fingerprint density at radius 2 is 2.00 bits per heavy atom. The lowest BCUT2D eigenvalue weighted by Crippen LogP contribution is -2.37. The van der Waals surface area contributed by atoms with Gasteiger partial charge in [-0.3, -0.25) is 4.85 Å². The molecule has 19 heavy (non-hydrogen) atoms. The Morgan fingerprint density at radius 1 is 1.32 bits per heavy atom. The van der Waals surface area contributed by atoms with Crippen molar-refractivity contribution in [3.63, 3.8) is 0 Å². The summed E-state index contributed by atoms with van der Waals surface area (Å²) in [6, 6.07) is 4.06. The largest absolute Gasteiger partial charge is 0.496 e. The zero-order valence-corrected chi connectivity index (χ0v) is 13.3. The standard InChI is InChI=1S/C15H21NO2Si/c1-11-7-8-13-12(14(11)17-3)9-10-15(13,16-2)18-19(4,5)6/h7-8H,9-10H2,1,3-6H3. The molecule has 0 heterocycles. The lowest BCUT2D eigenvalue weighted by atomic mass is 10.0. The van der Waals surface area contributed by atoms with Crippen LogP contribution in [0.5, 0.6) is 5.75 Å². The Bertz CT molecular complexity index is 542. The van der Waals surface area contributed by atoms with Gasteiger partial charge in [-0.2, -0.15) is 0 Å². The summed E-state index contributed by atoms with van der Waals surface area (Å²) in [6.45, 7) is 16.0. The molecule has 1 aromatic carbocycles. The minimum absolute atomic E-state index is 0.732. The van der Waals surface area contributed by atoms with Crippen molar-refractivity contribution in [3.05, 3.63) is 40.2 Å². The molecule has 1 aliphatic rings. The first-order chi connectivity index (χ1) is 8.83. The predicted octanol–water partition coefficient (Wildman–Crippen LogP) is 3.87. The van der Waals surface area contributed by atoms with Gasteiger partial charge in [0.2, 0.25) is 0 Å². The van der Waals surface area contributed by atoms with Gasteiger partial charge in [0, 0.05) is 5.56 Å². The number of fused-ring (bicyclic) bond motifs is 1. The summed E-state index contributed by atoms with van der Waals surface area (Å²) in [4.78, 5) is 3.86. The number of nitrogens with zero attached hydrogens (tertiary/aromatic N) is 1. The van der Waals surface area contributed by atoms with E-state index in [-0.39, 0.29) is 0 Å². The van der Waals surface area contributed by atoms with Crippen molar-refractivity contribution in [3.8, 4) is 5.75 Å². The van der Waals surface area contributed by atoms with E-state index >= 15 is 0 Å². The van der Waals surface area contributed by atoms with Crippen LogP contribution in [0.25, 0.3) is 4.85 Å². The molecule has 4 heteroatoms. The lowest BCUT2D eigenvalue weighted by Gasteiger charge is -2.26. The molecule has 0 saturated heterocycles. The Labute approximate surface area is 116 Å². The summed E-state index contributed by atoms with van der Waals surface area (Å²) < 4.78 is 11.7. The van der Waals surface area contributed by atoms with Crippen molar-refractivity contribution in [2.24, 2.45) is 0 Å². The highest BCUT2D eigenvalue weighted by molar-refractivity contribution is 6.69. The van der Waals surface area contributed by atoms with Crippen LogP contribution in [0.15, 0.2) is 12.1 Å². The molecular formula is C15H21NO2Si. The topological polar surface area (TPSA) is 22.8 Å². The lowest BCUT2D eigenvalue weighted by molar-refractivity contribution is 0.110. The normalized spacial score (nSPS) is 21.9. The summed E-state index contributed by atoms with van der Waals surface area (Å²) in [5, 5.41) is 0. The number of aryl methyl sites for hydroxylation is 1. The second-order valence-electron chi connectivity index (χ2n) is 6.05. The van der Waals surface area contributed by atoms with E-state index in [0.717, 1.165) is 35.3 Å². The second-order valence-corrected chi connectivity index (χ2v) is 10.5. The van der Waals surface area contributed by atoms with Crippen molar-refractivity contribution in [2.45, 2.75) is 45.1 Å². The average Bonchev–Trinajstić information content (AvgIpc) is 2.66. The molecule has 0 N–H and O–H groups in total.